The Balaban J connectivity index is 1.64. The lowest BCUT2D eigenvalue weighted by Gasteiger charge is -2.22. The number of carbonyl (C=O) groups is 1. The third kappa shape index (κ3) is 6.56. The Bertz CT molecular complexity index is 1390. The van der Waals surface area contributed by atoms with Crippen LogP contribution in [0.1, 0.15) is 46.1 Å². The summed E-state index contributed by atoms with van der Waals surface area (Å²) in [6, 6.07) is 19.6. The molecule has 0 aliphatic rings. The van der Waals surface area contributed by atoms with E-state index in [0.717, 1.165) is 28.2 Å². The number of amides is 1. The van der Waals surface area contributed by atoms with Gasteiger partial charge in [0.2, 0.25) is 10.0 Å². The standard InChI is InChI=1S/C26H27N3O3S3/c1-18(2)19-10-12-20(13-11-19)24-17-34-26(27-24)29(16-22-8-6-14-33-22)15-21-7-4-5-9-23(21)25(30)28-35(3,31)32/h4-14,17-18H,15-16H2,1-3H3,(H,28,30). The molecule has 0 fully saturated rings. The molecule has 0 aliphatic carbocycles. The lowest BCUT2D eigenvalue weighted by Crippen LogP contribution is -2.31. The zero-order chi connectivity index (χ0) is 25.0. The van der Waals surface area contributed by atoms with Crippen LogP contribution in [0.2, 0.25) is 0 Å². The maximum Gasteiger partial charge on any atom is 0.265 e. The normalized spacial score (nSPS) is 11.5. The molecule has 0 bridgehead atoms. The molecule has 0 radical (unpaired) electrons. The molecule has 182 valence electrons. The first-order valence-electron chi connectivity index (χ1n) is 11.1. The topological polar surface area (TPSA) is 79.4 Å². The van der Waals surface area contributed by atoms with Gasteiger partial charge in [-0.05, 0) is 34.6 Å². The molecule has 2 aromatic carbocycles. The van der Waals surface area contributed by atoms with Gasteiger partial charge in [0.25, 0.3) is 5.91 Å². The molecule has 0 aliphatic heterocycles. The molecule has 4 rings (SSSR count). The van der Waals surface area contributed by atoms with Crippen molar-refractivity contribution >= 4 is 43.7 Å². The van der Waals surface area contributed by atoms with Crippen molar-refractivity contribution in [1.29, 1.82) is 0 Å². The van der Waals surface area contributed by atoms with Gasteiger partial charge in [-0.15, -0.1) is 22.7 Å². The molecule has 0 spiro atoms. The number of anilines is 1. The number of aromatic nitrogens is 1. The quantitative estimate of drug-likeness (QED) is 0.295. The van der Waals surface area contributed by atoms with Crippen molar-refractivity contribution < 1.29 is 13.2 Å². The fourth-order valence-electron chi connectivity index (χ4n) is 3.67. The van der Waals surface area contributed by atoms with Crippen LogP contribution in [0.4, 0.5) is 5.13 Å². The van der Waals surface area contributed by atoms with E-state index in [0.29, 0.717) is 24.6 Å². The van der Waals surface area contributed by atoms with E-state index in [9.17, 15) is 13.2 Å². The summed E-state index contributed by atoms with van der Waals surface area (Å²) in [6.45, 7) is 5.38. The fraction of sp³-hybridized carbons (Fsp3) is 0.231. The van der Waals surface area contributed by atoms with E-state index in [4.69, 9.17) is 4.98 Å². The number of nitrogens with one attached hydrogen (secondary N) is 1. The van der Waals surface area contributed by atoms with Crippen LogP contribution >= 0.6 is 22.7 Å². The van der Waals surface area contributed by atoms with Crippen molar-refractivity contribution in [1.82, 2.24) is 9.71 Å². The number of sulfonamides is 1. The molecular formula is C26H27N3O3S3. The van der Waals surface area contributed by atoms with Gasteiger partial charge in [-0.3, -0.25) is 4.79 Å². The minimum absolute atomic E-state index is 0.329. The Labute approximate surface area is 214 Å². The van der Waals surface area contributed by atoms with Gasteiger partial charge in [0.05, 0.1) is 18.5 Å². The van der Waals surface area contributed by atoms with Crippen LogP contribution in [0.5, 0.6) is 0 Å². The number of hydrogen-bond acceptors (Lipinski definition) is 7. The van der Waals surface area contributed by atoms with Crippen molar-refractivity contribution in [3.8, 4) is 11.3 Å². The second-order valence-corrected chi connectivity index (χ2v) is 12.2. The lowest BCUT2D eigenvalue weighted by atomic mass is 10.0. The van der Waals surface area contributed by atoms with Crippen molar-refractivity contribution in [3.63, 3.8) is 0 Å². The maximum absolute atomic E-state index is 12.7. The predicted molar refractivity (Wildman–Crippen MR) is 145 cm³/mol. The summed E-state index contributed by atoms with van der Waals surface area (Å²) in [6.07, 6.45) is 0.974. The Morgan fingerprint density at radius 2 is 1.74 bits per heavy atom. The number of benzene rings is 2. The van der Waals surface area contributed by atoms with Crippen LogP contribution in [0, 0.1) is 0 Å². The molecule has 9 heteroatoms. The molecule has 35 heavy (non-hydrogen) atoms. The summed E-state index contributed by atoms with van der Waals surface area (Å²) in [5.41, 5.74) is 4.30. The molecule has 1 N–H and O–H groups in total. The molecule has 0 atom stereocenters. The monoisotopic (exact) mass is 525 g/mol. The molecular weight excluding hydrogens is 499 g/mol. The minimum atomic E-state index is -3.67. The molecule has 0 saturated heterocycles. The van der Waals surface area contributed by atoms with Crippen LogP contribution in [0.3, 0.4) is 0 Å². The summed E-state index contributed by atoms with van der Waals surface area (Å²) < 4.78 is 25.3. The predicted octanol–water partition coefficient (Wildman–Crippen LogP) is 5.89. The van der Waals surface area contributed by atoms with Crippen LogP contribution in [-0.4, -0.2) is 25.6 Å². The SMILES string of the molecule is CC(C)c1ccc(-c2csc(N(Cc3cccs3)Cc3ccccc3C(=O)NS(C)(=O)=O)n2)cc1. The third-order valence-corrected chi connectivity index (χ3v) is 7.78. The second kappa shape index (κ2) is 10.7. The zero-order valence-corrected chi connectivity index (χ0v) is 22.2. The van der Waals surface area contributed by atoms with E-state index in [1.807, 2.05) is 29.0 Å². The number of hydrogen-bond donors (Lipinski definition) is 1. The number of thiophene rings is 1. The highest BCUT2D eigenvalue weighted by molar-refractivity contribution is 7.89. The number of carbonyl (C=O) groups excluding carboxylic acids is 1. The number of nitrogens with zero attached hydrogens (tertiary/aromatic N) is 2. The molecule has 2 heterocycles. The molecule has 2 aromatic heterocycles. The summed E-state index contributed by atoms with van der Waals surface area (Å²) >= 11 is 3.21. The van der Waals surface area contributed by atoms with Crippen LogP contribution in [-0.2, 0) is 23.1 Å². The molecule has 0 unspecified atom stereocenters. The van der Waals surface area contributed by atoms with Gasteiger partial charge >= 0.3 is 0 Å². The van der Waals surface area contributed by atoms with Gasteiger partial charge in [-0.1, -0.05) is 62.4 Å². The Hall–Kier alpha value is -3.01. The molecule has 1 amide bonds. The van der Waals surface area contributed by atoms with Gasteiger partial charge in [0, 0.05) is 27.9 Å². The second-order valence-electron chi connectivity index (χ2n) is 8.59. The average molecular weight is 526 g/mol. The van der Waals surface area contributed by atoms with E-state index in [1.165, 1.54) is 10.4 Å². The van der Waals surface area contributed by atoms with E-state index >= 15 is 0 Å². The summed E-state index contributed by atoms with van der Waals surface area (Å²) in [4.78, 5) is 20.9. The van der Waals surface area contributed by atoms with Crippen molar-refractivity contribution in [2.75, 3.05) is 11.2 Å². The Morgan fingerprint density at radius 3 is 2.40 bits per heavy atom. The van der Waals surface area contributed by atoms with Gasteiger partial charge in [-0.25, -0.2) is 18.1 Å². The van der Waals surface area contributed by atoms with Gasteiger partial charge in [0.1, 0.15) is 0 Å². The minimum Gasteiger partial charge on any atom is -0.339 e. The van der Waals surface area contributed by atoms with Gasteiger partial charge in [-0.2, -0.15) is 0 Å². The lowest BCUT2D eigenvalue weighted by molar-refractivity contribution is 0.0980. The van der Waals surface area contributed by atoms with Crippen LogP contribution in [0.25, 0.3) is 11.3 Å². The van der Waals surface area contributed by atoms with Crippen molar-refractivity contribution in [3.05, 3.63) is 93.0 Å². The van der Waals surface area contributed by atoms with Crippen LogP contribution < -0.4 is 9.62 Å². The molecule has 6 nitrogen and oxygen atoms in total. The van der Waals surface area contributed by atoms with E-state index < -0.39 is 15.9 Å². The average Bonchev–Trinajstić information content (AvgIpc) is 3.50. The maximum atomic E-state index is 12.7. The first-order valence-corrected chi connectivity index (χ1v) is 14.8. The number of thiazole rings is 1. The highest BCUT2D eigenvalue weighted by atomic mass is 32.2. The highest BCUT2D eigenvalue weighted by Crippen LogP contribution is 2.31. The third-order valence-electron chi connectivity index (χ3n) is 5.46. The molecule has 0 saturated carbocycles. The van der Waals surface area contributed by atoms with Gasteiger partial charge < -0.3 is 4.90 Å². The Kier molecular flexibility index (Phi) is 7.69. The summed E-state index contributed by atoms with van der Waals surface area (Å²) in [5, 5.41) is 4.91. The first-order chi connectivity index (χ1) is 16.7. The van der Waals surface area contributed by atoms with E-state index in [2.05, 4.69) is 53.8 Å². The van der Waals surface area contributed by atoms with Crippen LogP contribution in [0.15, 0.2) is 71.4 Å². The smallest absolute Gasteiger partial charge is 0.265 e. The summed E-state index contributed by atoms with van der Waals surface area (Å²) in [7, 11) is -3.67. The van der Waals surface area contributed by atoms with E-state index in [-0.39, 0.29) is 0 Å². The largest absolute Gasteiger partial charge is 0.339 e. The highest BCUT2D eigenvalue weighted by Gasteiger charge is 2.19. The zero-order valence-electron chi connectivity index (χ0n) is 19.8. The summed E-state index contributed by atoms with van der Waals surface area (Å²) in [5.74, 6) is -0.166. The van der Waals surface area contributed by atoms with E-state index in [1.54, 1.807) is 34.8 Å². The fourth-order valence-corrected chi connectivity index (χ4v) is 5.67. The van der Waals surface area contributed by atoms with Crippen molar-refractivity contribution in [2.24, 2.45) is 0 Å². The van der Waals surface area contributed by atoms with Crippen molar-refractivity contribution in [2.45, 2.75) is 32.9 Å². The Morgan fingerprint density at radius 1 is 1.00 bits per heavy atom. The molecule has 4 aromatic rings. The van der Waals surface area contributed by atoms with Gasteiger partial charge in [0.15, 0.2) is 5.13 Å². The number of rotatable bonds is 9. The first kappa shape index (κ1) is 25.1.